The highest BCUT2D eigenvalue weighted by atomic mass is 16.7. The van der Waals surface area contributed by atoms with Crippen LogP contribution in [0.1, 0.15) is 39.2 Å². The number of nitrogens with zero attached hydrogens (tertiary/aromatic N) is 1. The minimum Gasteiger partial charge on any atom is -0.418 e. The summed E-state index contributed by atoms with van der Waals surface area (Å²) in [5.41, 5.74) is -0.301. The summed E-state index contributed by atoms with van der Waals surface area (Å²) < 4.78 is 10.2. The molecule has 134 valence electrons. The third-order valence-corrected chi connectivity index (χ3v) is 2.99. The van der Waals surface area contributed by atoms with Crippen LogP contribution in [0.15, 0.2) is 24.3 Å². The number of carbonyl (C=O) groups excluding carboxylic acids is 4. The van der Waals surface area contributed by atoms with Crippen LogP contribution >= 0.6 is 0 Å². The van der Waals surface area contributed by atoms with E-state index in [1.165, 1.54) is 39.0 Å². The molecule has 0 saturated carbocycles. The van der Waals surface area contributed by atoms with E-state index in [9.17, 15) is 29.3 Å². The van der Waals surface area contributed by atoms with Crippen LogP contribution in [0.4, 0.5) is 5.69 Å². The van der Waals surface area contributed by atoms with Crippen molar-refractivity contribution >= 4 is 29.2 Å². The van der Waals surface area contributed by atoms with Crippen molar-refractivity contribution in [3.05, 3.63) is 39.9 Å². The molecule has 1 aromatic rings. The van der Waals surface area contributed by atoms with Crippen molar-refractivity contribution in [1.82, 2.24) is 0 Å². The molecule has 0 radical (unpaired) electrons. The zero-order chi connectivity index (χ0) is 19.2. The second-order valence-corrected chi connectivity index (χ2v) is 5.46. The van der Waals surface area contributed by atoms with E-state index >= 15 is 0 Å². The van der Waals surface area contributed by atoms with E-state index in [2.05, 4.69) is 0 Å². The lowest BCUT2D eigenvalue weighted by Gasteiger charge is -2.29. The first-order chi connectivity index (χ1) is 11.5. The number of hydrogen-bond donors (Lipinski definition) is 0. The molecule has 9 nitrogen and oxygen atoms in total. The molecule has 0 aromatic heterocycles. The van der Waals surface area contributed by atoms with Crippen LogP contribution < -0.4 is 0 Å². The molecule has 0 unspecified atom stereocenters. The molecule has 0 saturated heterocycles. The number of benzene rings is 1. The number of Topliss-reactive ketones (excluding diaryl/α,β-unsaturated/α-hetero) is 2. The summed E-state index contributed by atoms with van der Waals surface area (Å²) in [4.78, 5) is 56.0. The number of ketones is 2. The van der Waals surface area contributed by atoms with Gasteiger partial charge in [-0.25, -0.2) is 0 Å². The lowest BCUT2D eigenvalue weighted by atomic mass is 10.1. The van der Waals surface area contributed by atoms with E-state index in [1.54, 1.807) is 0 Å². The molecule has 0 amide bonds. The normalized spacial score (nSPS) is 10.7. The first-order valence-electron chi connectivity index (χ1n) is 7.21. The van der Waals surface area contributed by atoms with Crippen LogP contribution in [-0.4, -0.2) is 28.4 Å². The van der Waals surface area contributed by atoms with Crippen LogP contribution in [0.25, 0.3) is 0 Å². The Kier molecular flexibility index (Phi) is 6.49. The SMILES string of the molecule is CC(=O)CC(=O)OC(C)(OC(=O)CC(C)=O)c1cccc([N+](=O)[O-])c1. The number of rotatable bonds is 8. The van der Waals surface area contributed by atoms with Gasteiger partial charge in [-0.1, -0.05) is 12.1 Å². The quantitative estimate of drug-likeness (QED) is 0.228. The van der Waals surface area contributed by atoms with Crippen molar-refractivity contribution in [2.45, 2.75) is 39.4 Å². The van der Waals surface area contributed by atoms with Crippen molar-refractivity contribution < 1.29 is 33.6 Å². The fourth-order valence-corrected chi connectivity index (χ4v) is 1.95. The van der Waals surface area contributed by atoms with E-state index < -0.39 is 47.1 Å². The van der Waals surface area contributed by atoms with Crippen LogP contribution in [0.2, 0.25) is 0 Å². The van der Waals surface area contributed by atoms with E-state index in [4.69, 9.17) is 9.47 Å². The number of ether oxygens (including phenoxy) is 2. The average molecular weight is 351 g/mol. The summed E-state index contributed by atoms with van der Waals surface area (Å²) in [6, 6.07) is 4.96. The van der Waals surface area contributed by atoms with Crippen molar-refractivity contribution in [2.75, 3.05) is 0 Å². The van der Waals surface area contributed by atoms with Crippen molar-refractivity contribution in [1.29, 1.82) is 0 Å². The van der Waals surface area contributed by atoms with Gasteiger partial charge in [-0.05, 0) is 13.8 Å². The molecule has 0 aliphatic carbocycles. The minimum absolute atomic E-state index is 0.00973. The van der Waals surface area contributed by atoms with Gasteiger partial charge >= 0.3 is 11.9 Å². The Bertz CT molecular complexity index is 695. The van der Waals surface area contributed by atoms with E-state index in [0.717, 1.165) is 6.07 Å². The van der Waals surface area contributed by atoms with Gasteiger partial charge in [0.2, 0.25) is 0 Å². The molecular formula is C16H17NO8. The summed E-state index contributed by atoms with van der Waals surface area (Å²) in [6.07, 6.45) is -1.12. The molecule has 0 N–H and O–H groups in total. The van der Waals surface area contributed by atoms with Gasteiger partial charge in [0.15, 0.2) is 0 Å². The van der Waals surface area contributed by atoms with E-state index in [0.29, 0.717) is 0 Å². The molecule has 0 bridgehead atoms. The molecule has 1 rings (SSSR count). The standard InChI is InChI=1S/C16H17NO8/c1-10(18)7-14(20)24-16(3,25-15(21)8-11(2)19)12-5-4-6-13(9-12)17(22)23/h4-6,9H,7-8H2,1-3H3. The number of non-ortho nitro benzene ring substituents is 1. The monoisotopic (exact) mass is 351 g/mol. The van der Waals surface area contributed by atoms with E-state index in [1.807, 2.05) is 0 Å². The van der Waals surface area contributed by atoms with Gasteiger partial charge in [0.05, 0.1) is 4.92 Å². The summed E-state index contributed by atoms with van der Waals surface area (Å²) in [5.74, 6) is -4.91. The van der Waals surface area contributed by atoms with Crippen LogP contribution in [0, 0.1) is 10.1 Å². The van der Waals surface area contributed by atoms with Gasteiger partial charge in [-0.15, -0.1) is 0 Å². The van der Waals surface area contributed by atoms with Crippen molar-refractivity contribution in [3.8, 4) is 0 Å². The zero-order valence-corrected chi connectivity index (χ0v) is 13.9. The highest BCUT2D eigenvalue weighted by Crippen LogP contribution is 2.30. The Labute approximate surface area is 143 Å². The summed E-state index contributed by atoms with van der Waals surface area (Å²) in [6.45, 7) is 3.55. The Morgan fingerprint density at radius 3 is 1.92 bits per heavy atom. The highest BCUT2D eigenvalue weighted by Gasteiger charge is 2.37. The predicted octanol–water partition coefficient (Wildman–Crippen LogP) is 1.81. The van der Waals surface area contributed by atoms with Gasteiger partial charge in [0, 0.05) is 24.6 Å². The van der Waals surface area contributed by atoms with Gasteiger partial charge in [0.25, 0.3) is 11.5 Å². The summed E-state index contributed by atoms with van der Waals surface area (Å²) in [5, 5.41) is 10.9. The van der Waals surface area contributed by atoms with Gasteiger partial charge in [0.1, 0.15) is 24.4 Å². The summed E-state index contributed by atoms with van der Waals surface area (Å²) in [7, 11) is 0. The average Bonchev–Trinajstić information content (AvgIpc) is 2.44. The Morgan fingerprint density at radius 2 is 1.52 bits per heavy atom. The smallest absolute Gasteiger partial charge is 0.316 e. The molecule has 0 heterocycles. The maximum absolute atomic E-state index is 11.8. The second-order valence-electron chi connectivity index (χ2n) is 5.46. The number of nitro benzene ring substituents is 1. The molecule has 0 atom stereocenters. The largest absolute Gasteiger partial charge is 0.418 e. The fourth-order valence-electron chi connectivity index (χ4n) is 1.95. The Morgan fingerprint density at radius 1 is 1.04 bits per heavy atom. The Balaban J connectivity index is 3.21. The first kappa shape index (κ1) is 19.9. The maximum Gasteiger partial charge on any atom is 0.316 e. The molecule has 0 spiro atoms. The third-order valence-electron chi connectivity index (χ3n) is 2.99. The number of hydrogen-bond acceptors (Lipinski definition) is 8. The highest BCUT2D eigenvalue weighted by molar-refractivity contribution is 5.95. The molecular weight excluding hydrogens is 334 g/mol. The Hall–Kier alpha value is -3.10. The van der Waals surface area contributed by atoms with E-state index in [-0.39, 0.29) is 11.3 Å². The topological polar surface area (TPSA) is 130 Å². The number of carbonyl (C=O) groups is 4. The minimum atomic E-state index is -2.02. The molecule has 25 heavy (non-hydrogen) atoms. The number of nitro groups is 1. The van der Waals surface area contributed by atoms with Crippen LogP contribution in [0.5, 0.6) is 0 Å². The zero-order valence-electron chi connectivity index (χ0n) is 13.9. The second kappa shape index (κ2) is 8.13. The molecule has 0 aliphatic heterocycles. The number of esters is 2. The molecule has 9 heteroatoms. The molecule has 0 fully saturated rings. The molecule has 0 aliphatic rings. The fraction of sp³-hybridized carbons (Fsp3) is 0.375. The van der Waals surface area contributed by atoms with Crippen LogP contribution in [-0.2, 0) is 34.4 Å². The van der Waals surface area contributed by atoms with Gasteiger partial charge < -0.3 is 9.47 Å². The predicted molar refractivity (Wildman–Crippen MR) is 83.2 cm³/mol. The lowest BCUT2D eigenvalue weighted by molar-refractivity contribution is -0.385. The maximum atomic E-state index is 11.8. The van der Waals surface area contributed by atoms with Crippen molar-refractivity contribution in [2.24, 2.45) is 0 Å². The first-order valence-corrected chi connectivity index (χ1v) is 7.21. The van der Waals surface area contributed by atoms with Gasteiger partial charge in [-0.3, -0.25) is 29.3 Å². The van der Waals surface area contributed by atoms with Gasteiger partial charge in [-0.2, -0.15) is 0 Å². The van der Waals surface area contributed by atoms with Crippen LogP contribution in [0.3, 0.4) is 0 Å². The third kappa shape index (κ3) is 6.13. The lowest BCUT2D eigenvalue weighted by Crippen LogP contribution is -2.35. The van der Waals surface area contributed by atoms with Crippen molar-refractivity contribution in [3.63, 3.8) is 0 Å². The molecule has 1 aromatic carbocycles. The summed E-state index contributed by atoms with van der Waals surface area (Å²) >= 11 is 0.